The number of hydrogen-bond donors (Lipinski definition) is 2. The largest absolute Gasteiger partial charge is 0.380 e. The Labute approximate surface area is 123 Å². The highest BCUT2D eigenvalue weighted by Crippen LogP contribution is 2.24. The maximum absolute atomic E-state index is 3.55. The van der Waals surface area contributed by atoms with E-state index in [0.29, 0.717) is 0 Å². The molecule has 1 aromatic heterocycles. The van der Waals surface area contributed by atoms with Gasteiger partial charge < -0.3 is 10.3 Å². The number of nitrogens with one attached hydrogen (secondary N) is 2. The highest BCUT2D eigenvalue weighted by molar-refractivity contribution is 5.93. The van der Waals surface area contributed by atoms with Crippen molar-refractivity contribution in [2.45, 2.75) is 6.54 Å². The van der Waals surface area contributed by atoms with Crippen LogP contribution in [0.5, 0.6) is 0 Å². The Balaban J connectivity index is 1.63. The molecule has 3 aromatic carbocycles. The summed E-state index contributed by atoms with van der Waals surface area (Å²) in [5.41, 5.74) is 3.64. The van der Waals surface area contributed by atoms with Crippen LogP contribution in [-0.2, 0) is 6.54 Å². The van der Waals surface area contributed by atoms with E-state index in [9.17, 15) is 0 Å². The number of aromatic amines is 1. The second-order valence-corrected chi connectivity index (χ2v) is 5.28. The van der Waals surface area contributed by atoms with Crippen LogP contribution in [0.3, 0.4) is 0 Å². The lowest BCUT2D eigenvalue weighted by Crippen LogP contribution is -1.99. The molecule has 1 heterocycles. The third kappa shape index (κ3) is 2.25. The Morgan fingerprint density at radius 2 is 1.71 bits per heavy atom. The molecule has 0 saturated heterocycles. The molecule has 0 bridgehead atoms. The first-order valence-corrected chi connectivity index (χ1v) is 7.18. The van der Waals surface area contributed by atoms with E-state index in [4.69, 9.17) is 0 Å². The molecule has 0 radical (unpaired) electrons. The summed E-state index contributed by atoms with van der Waals surface area (Å²) in [4.78, 5) is 3.26. The van der Waals surface area contributed by atoms with Crippen LogP contribution in [-0.4, -0.2) is 4.98 Å². The van der Waals surface area contributed by atoms with Gasteiger partial charge in [0.25, 0.3) is 0 Å². The monoisotopic (exact) mass is 272 g/mol. The van der Waals surface area contributed by atoms with Crippen molar-refractivity contribution in [1.29, 1.82) is 0 Å². The molecular weight excluding hydrogens is 256 g/mol. The topological polar surface area (TPSA) is 27.8 Å². The van der Waals surface area contributed by atoms with Gasteiger partial charge in [0.1, 0.15) is 0 Å². The van der Waals surface area contributed by atoms with Crippen molar-refractivity contribution in [2.24, 2.45) is 0 Å². The van der Waals surface area contributed by atoms with Gasteiger partial charge in [0, 0.05) is 29.3 Å². The van der Waals surface area contributed by atoms with Crippen molar-refractivity contribution < 1.29 is 0 Å². The fourth-order valence-corrected chi connectivity index (χ4v) is 2.78. The van der Waals surface area contributed by atoms with Gasteiger partial charge in [0.15, 0.2) is 0 Å². The summed E-state index contributed by atoms with van der Waals surface area (Å²) in [5.74, 6) is 0. The summed E-state index contributed by atoms with van der Waals surface area (Å²) in [6.45, 7) is 0.822. The first-order chi connectivity index (χ1) is 10.4. The zero-order valence-electron chi connectivity index (χ0n) is 11.6. The molecule has 0 aliphatic carbocycles. The van der Waals surface area contributed by atoms with E-state index in [2.05, 4.69) is 77.0 Å². The quantitative estimate of drug-likeness (QED) is 0.543. The lowest BCUT2D eigenvalue weighted by atomic mass is 10.1. The maximum Gasteiger partial charge on any atom is 0.0457 e. The molecular formula is C19H16N2. The fourth-order valence-electron chi connectivity index (χ4n) is 2.78. The van der Waals surface area contributed by atoms with E-state index < -0.39 is 0 Å². The number of hydrogen-bond acceptors (Lipinski definition) is 1. The van der Waals surface area contributed by atoms with Crippen LogP contribution in [0, 0.1) is 0 Å². The highest BCUT2D eigenvalue weighted by Gasteiger charge is 2.01. The van der Waals surface area contributed by atoms with Crippen LogP contribution in [0.1, 0.15) is 5.56 Å². The van der Waals surface area contributed by atoms with Gasteiger partial charge in [-0.1, -0.05) is 48.5 Å². The van der Waals surface area contributed by atoms with Crippen LogP contribution < -0.4 is 5.32 Å². The van der Waals surface area contributed by atoms with Crippen molar-refractivity contribution >= 4 is 27.4 Å². The van der Waals surface area contributed by atoms with Gasteiger partial charge in [0.2, 0.25) is 0 Å². The maximum atomic E-state index is 3.55. The molecule has 2 N–H and O–H groups in total. The normalized spacial score (nSPS) is 11.0. The minimum absolute atomic E-state index is 0.822. The second kappa shape index (κ2) is 4.98. The zero-order chi connectivity index (χ0) is 14.1. The molecule has 0 aliphatic heterocycles. The van der Waals surface area contributed by atoms with Crippen LogP contribution in [0.15, 0.2) is 72.9 Å². The van der Waals surface area contributed by atoms with E-state index in [-0.39, 0.29) is 0 Å². The molecule has 0 amide bonds. The van der Waals surface area contributed by atoms with Crippen molar-refractivity contribution in [2.75, 3.05) is 5.32 Å². The van der Waals surface area contributed by atoms with Gasteiger partial charge >= 0.3 is 0 Å². The predicted octanol–water partition coefficient (Wildman–Crippen LogP) is 4.93. The number of rotatable bonds is 3. The summed E-state index contributed by atoms with van der Waals surface area (Å²) in [6.07, 6.45) is 1.98. The summed E-state index contributed by atoms with van der Waals surface area (Å²) in [6, 6.07) is 23.5. The van der Waals surface area contributed by atoms with E-state index in [0.717, 1.165) is 6.54 Å². The molecule has 0 aliphatic rings. The minimum atomic E-state index is 0.822. The fraction of sp³-hybridized carbons (Fsp3) is 0.0526. The Morgan fingerprint density at radius 3 is 2.71 bits per heavy atom. The second-order valence-electron chi connectivity index (χ2n) is 5.28. The smallest absolute Gasteiger partial charge is 0.0457 e. The van der Waals surface area contributed by atoms with E-state index in [1.807, 2.05) is 6.20 Å². The number of benzene rings is 3. The summed E-state index contributed by atoms with van der Waals surface area (Å²) in [5, 5.41) is 7.33. The van der Waals surface area contributed by atoms with Gasteiger partial charge in [-0.3, -0.25) is 0 Å². The van der Waals surface area contributed by atoms with E-state index in [1.54, 1.807) is 0 Å². The molecule has 0 saturated carbocycles. The highest BCUT2D eigenvalue weighted by atomic mass is 14.9. The Morgan fingerprint density at radius 1 is 0.810 bits per heavy atom. The number of fused-ring (bicyclic) bond motifs is 2. The summed E-state index contributed by atoms with van der Waals surface area (Å²) in [7, 11) is 0. The van der Waals surface area contributed by atoms with Gasteiger partial charge in [-0.15, -0.1) is 0 Å². The Kier molecular flexibility index (Phi) is 2.86. The third-order valence-corrected chi connectivity index (χ3v) is 3.89. The van der Waals surface area contributed by atoms with Gasteiger partial charge in [-0.2, -0.15) is 0 Å². The van der Waals surface area contributed by atoms with E-state index in [1.165, 1.54) is 32.9 Å². The molecule has 0 spiro atoms. The molecule has 102 valence electrons. The molecule has 21 heavy (non-hydrogen) atoms. The number of aromatic nitrogens is 1. The Hall–Kier alpha value is -2.74. The van der Waals surface area contributed by atoms with Crippen molar-refractivity contribution in [3.8, 4) is 0 Å². The first kappa shape index (κ1) is 12.0. The lowest BCUT2D eigenvalue weighted by molar-refractivity contribution is 1.16. The van der Waals surface area contributed by atoms with Gasteiger partial charge in [-0.25, -0.2) is 0 Å². The number of anilines is 1. The predicted molar refractivity (Wildman–Crippen MR) is 89.6 cm³/mol. The molecule has 2 heteroatoms. The molecule has 0 fully saturated rings. The SMILES string of the molecule is c1ccc2c(NCc3ccc4cc[nH]c4c3)cccc2c1. The van der Waals surface area contributed by atoms with Crippen molar-refractivity contribution in [1.82, 2.24) is 4.98 Å². The third-order valence-electron chi connectivity index (χ3n) is 3.89. The zero-order valence-corrected chi connectivity index (χ0v) is 11.6. The lowest BCUT2D eigenvalue weighted by Gasteiger charge is -2.10. The minimum Gasteiger partial charge on any atom is -0.380 e. The average Bonchev–Trinajstić information content (AvgIpc) is 3.00. The molecule has 4 rings (SSSR count). The standard InChI is InChI=1S/C19H16N2/c1-2-6-17-15(4-1)5-3-7-18(17)21-13-14-8-9-16-10-11-20-19(16)12-14/h1-12,20-21H,13H2. The van der Waals surface area contributed by atoms with Crippen LogP contribution in [0.2, 0.25) is 0 Å². The van der Waals surface area contributed by atoms with Crippen LogP contribution >= 0.6 is 0 Å². The van der Waals surface area contributed by atoms with Gasteiger partial charge in [0.05, 0.1) is 0 Å². The summed E-state index contributed by atoms with van der Waals surface area (Å²) >= 11 is 0. The van der Waals surface area contributed by atoms with E-state index >= 15 is 0 Å². The van der Waals surface area contributed by atoms with Crippen LogP contribution in [0.25, 0.3) is 21.7 Å². The van der Waals surface area contributed by atoms with Crippen LogP contribution in [0.4, 0.5) is 5.69 Å². The average molecular weight is 272 g/mol. The number of H-pyrrole nitrogens is 1. The van der Waals surface area contributed by atoms with Crippen molar-refractivity contribution in [3.63, 3.8) is 0 Å². The molecule has 0 atom stereocenters. The summed E-state index contributed by atoms with van der Waals surface area (Å²) < 4.78 is 0. The molecule has 2 nitrogen and oxygen atoms in total. The van der Waals surface area contributed by atoms with Crippen molar-refractivity contribution in [3.05, 3.63) is 78.5 Å². The Bertz CT molecular complexity index is 900. The molecule has 0 unspecified atom stereocenters. The first-order valence-electron chi connectivity index (χ1n) is 7.18. The molecule has 4 aromatic rings. The van der Waals surface area contributed by atoms with Gasteiger partial charge in [-0.05, 0) is 34.5 Å².